The zero-order valence-corrected chi connectivity index (χ0v) is 14.9. The van der Waals surface area contributed by atoms with E-state index >= 15 is 0 Å². The van der Waals surface area contributed by atoms with Gasteiger partial charge in [0.05, 0.1) is 4.90 Å². The maximum atomic E-state index is 12.9. The van der Waals surface area contributed by atoms with Crippen LogP contribution < -0.4 is 10.5 Å². The minimum atomic E-state index is -4.33. The second-order valence-electron chi connectivity index (χ2n) is 5.25. The summed E-state index contributed by atoms with van der Waals surface area (Å²) in [6.07, 6.45) is 1.48. The first-order valence-corrected chi connectivity index (χ1v) is 8.57. The molecule has 25 heavy (non-hydrogen) atoms. The average molecular weight is 366 g/mol. The normalized spacial score (nSPS) is 10.3. The number of aryl methyl sites for hydroxylation is 3. The lowest BCUT2D eigenvalue weighted by atomic mass is 10.1. The number of aromatic nitrogens is 1. The zero-order valence-electron chi connectivity index (χ0n) is 14.1. The van der Waals surface area contributed by atoms with Gasteiger partial charge in [-0.25, -0.2) is 14.3 Å². The van der Waals surface area contributed by atoms with Crippen molar-refractivity contribution in [2.75, 3.05) is 12.4 Å². The van der Waals surface area contributed by atoms with Gasteiger partial charge in [0, 0.05) is 12.0 Å². The van der Waals surface area contributed by atoms with E-state index in [-0.39, 0.29) is 17.2 Å². The number of rotatable bonds is 1. The first kappa shape index (κ1) is 20.6. The molecule has 0 spiro atoms. The summed E-state index contributed by atoms with van der Waals surface area (Å²) in [5.41, 5.74) is 2.06. The zero-order chi connectivity index (χ0) is 19.2. The Kier molecular flexibility index (Phi) is 7.06. The Hall–Kier alpha value is -2.47. The number of pyridine rings is 1. The van der Waals surface area contributed by atoms with Crippen LogP contribution in [0, 0.1) is 38.4 Å². The minimum Gasteiger partial charge on any atom is -0.744 e. The highest BCUT2D eigenvalue weighted by molar-refractivity contribution is 7.85. The molecule has 0 fully saturated rings. The number of nitrogen functional groups attached to an aromatic ring is 1. The van der Waals surface area contributed by atoms with E-state index in [4.69, 9.17) is 10.9 Å². The maximum Gasteiger partial charge on any atom is 0.321 e. The predicted molar refractivity (Wildman–Crippen MR) is 89.3 cm³/mol. The number of hydrogen-bond acceptors (Lipinski definition) is 5. The van der Waals surface area contributed by atoms with Crippen LogP contribution in [0.5, 0.6) is 0 Å². The summed E-state index contributed by atoms with van der Waals surface area (Å²) >= 11 is 0. The molecule has 0 saturated carbocycles. The topological polar surface area (TPSA) is 107 Å². The molecule has 8 heteroatoms. The van der Waals surface area contributed by atoms with E-state index in [1.54, 1.807) is 26.0 Å². The minimum absolute atomic E-state index is 0.0616. The Morgan fingerprint density at radius 1 is 1.28 bits per heavy atom. The van der Waals surface area contributed by atoms with Gasteiger partial charge in [0.1, 0.15) is 16.7 Å². The van der Waals surface area contributed by atoms with Crippen LogP contribution in [0.4, 0.5) is 4.39 Å². The van der Waals surface area contributed by atoms with Gasteiger partial charge in [0.25, 0.3) is 0 Å². The molecule has 0 bridgehead atoms. The van der Waals surface area contributed by atoms with Crippen LogP contribution in [0.3, 0.4) is 0 Å². The molecule has 0 radical (unpaired) electrons. The Morgan fingerprint density at radius 3 is 2.28 bits per heavy atom. The largest absolute Gasteiger partial charge is 0.744 e. The molecule has 0 aliphatic carbocycles. The average Bonchev–Trinajstić information content (AvgIpc) is 2.44. The third kappa shape index (κ3) is 5.83. The van der Waals surface area contributed by atoms with Crippen molar-refractivity contribution < 1.29 is 27.1 Å². The van der Waals surface area contributed by atoms with Gasteiger partial charge < -0.3 is 9.66 Å². The smallest absolute Gasteiger partial charge is 0.321 e. The Bertz CT molecular complexity index is 888. The van der Waals surface area contributed by atoms with Crippen molar-refractivity contribution in [3.05, 3.63) is 58.7 Å². The van der Waals surface area contributed by atoms with E-state index in [2.05, 4.69) is 11.8 Å². The molecule has 1 aromatic carbocycles. The standard InChI is InChI=1S/C9H12O3S.C8H8FN2O/c1-6-4-7(2)9(8(3)5-6)13(10,11)12;9-7-3-1-5-11(10)8(7)4-2-6-12/h4-5H,1-3H3,(H,10,11,12);1,3,5,12H,6,10H2/q;+1/p-1. The highest BCUT2D eigenvalue weighted by Gasteiger charge is 2.10. The fourth-order valence-corrected chi connectivity index (χ4v) is 3.21. The fraction of sp³-hybridized carbons (Fsp3) is 0.235. The molecule has 2 rings (SSSR count). The van der Waals surface area contributed by atoms with Crippen molar-refractivity contribution >= 4 is 10.1 Å². The van der Waals surface area contributed by atoms with E-state index in [1.165, 1.54) is 18.3 Å². The number of halogens is 1. The van der Waals surface area contributed by atoms with Gasteiger partial charge in [-0.15, -0.1) is 0 Å². The third-order valence-electron chi connectivity index (χ3n) is 3.11. The number of hydrogen-bond donors (Lipinski definition) is 2. The van der Waals surface area contributed by atoms with Gasteiger partial charge in [0.2, 0.25) is 12.0 Å². The molecule has 1 heterocycles. The van der Waals surface area contributed by atoms with Crippen LogP contribution in [0.1, 0.15) is 22.4 Å². The molecule has 3 N–H and O–H groups in total. The number of aliphatic hydroxyl groups is 1. The summed E-state index contributed by atoms with van der Waals surface area (Å²) in [5, 5.41) is 8.36. The van der Waals surface area contributed by atoms with Crippen molar-refractivity contribution in [1.82, 2.24) is 0 Å². The molecular weight excluding hydrogens is 347 g/mol. The van der Waals surface area contributed by atoms with Crippen molar-refractivity contribution in [2.24, 2.45) is 0 Å². The quantitative estimate of drug-likeness (QED) is 0.334. The van der Waals surface area contributed by atoms with E-state index in [0.29, 0.717) is 11.1 Å². The number of benzene rings is 1. The fourth-order valence-electron chi connectivity index (χ4n) is 2.31. The molecule has 0 amide bonds. The molecule has 0 atom stereocenters. The summed E-state index contributed by atoms with van der Waals surface area (Å²) in [6, 6.07) is 6.11. The van der Waals surface area contributed by atoms with E-state index in [1.807, 2.05) is 6.92 Å². The molecule has 2 aromatic rings. The highest BCUT2D eigenvalue weighted by atomic mass is 32.2. The molecule has 0 aliphatic heterocycles. The Labute approximate surface area is 146 Å². The highest BCUT2D eigenvalue weighted by Crippen LogP contribution is 2.20. The molecular formula is C17H19FN2O4S. The third-order valence-corrected chi connectivity index (χ3v) is 4.26. The first-order valence-electron chi connectivity index (χ1n) is 7.16. The predicted octanol–water partition coefficient (Wildman–Crippen LogP) is 0.687. The van der Waals surface area contributed by atoms with Crippen LogP contribution in [0.2, 0.25) is 0 Å². The molecule has 134 valence electrons. The monoisotopic (exact) mass is 366 g/mol. The van der Waals surface area contributed by atoms with Crippen LogP contribution in [0.25, 0.3) is 0 Å². The lowest BCUT2D eigenvalue weighted by Gasteiger charge is -2.14. The summed E-state index contributed by atoms with van der Waals surface area (Å²) in [4.78, 5) is -0.0851. The number of nitrogens with two attached hydrogens (primary N) is 1. The molecule has 6 nitrogen and oxygen atoms in total. The van der Waals surface area contributed by atoms with Crippen LogP contribution in [-0.2, 0) is 10.1 Å². The summed E-state index contributed by atoms with van der Waals surface area (Å²) < 4.78 is 46.4. The molecule has 0 unspecified atom stereocenters. The number of aliphatic hydroxyl groups excluding tert-OH is 1. The van der Waals surface area contributed by atoms with Gasteiger partial charge in [-0.05, 0) is 38.0 Å². The van der Waals surface area contributed by atoms with Crippen LogP contribution in [-0.4, -0.2) is 24.7 Å². The second kappa shape index (κ2) is 8.58. The lowest BCUT2D eigenvalue weighted by molar-refractivity contribution is -0.643. The molecule has 1 aromatic heterocycles. The maximum absolute atomic E-state index is 12.9. The summed E-state index contributed by atoms with van der Waals surface area (Å²) in [6.45, 7) is 4.81. The first-order chi connectivity index (χ1) is 11.6. The van der Waals surface area contributed by atoms with Crippen molar-refractivity contribution in [2.45, 2.75) is 25.7 Å². The SMILES string of the molecule is Cc1cc(C)c(S(=O)(=O)[O-])c(C)c1.N[n+]1cccc(F)c1C#CCO. The second-order valence-corrected chi connectivity index (χ2v) is 6.57. The number of nitrogens with zero attached hydrogens (tertiary/aromatic N) is 1. The van der Waals surface area contributed by atoms with Crippen LogP contribution >= 0.6 is 0 Å². The molecule has 0 saturated heterocycles. The Balaban J connectivity index is 0.000000251. The van der Waals surface area contributed by atoms with Gasteiger partial charge in [-0.2, -0.15) is 4.39 Å². The van der Waals surface area contributed by atoms with Gasteiger partial charge in [0.15, 0.2) is 0 Å². The Morgan fingerprint density at radius 2 is 1.84 bits per heavy atom. The lowest BCUT2D eigenvalue weighted by Crippen LogP contribution is -2.47. The van der Waals surface area contributed by atoms with Crippen molar-refractivity contribution in [3.63, 3.8) is 0 Å². The van der Waals surface area contributed by atoms with E-state index in [0.717, 1.165) is 10.2 Å². The summed E-state index contributed by atoms with van der Waals surface area (Å²) in [5.74, 6) is 9.56. The van der Waals surface area contributed by atoms with Gasteiger partial charge in [-0.1, -0.05) is 28.3 Å². The van der Waals surface area contributed by atoms with E-state index < -0.39 is 15.9 Å². The van der Waals surface area contributed by atoms with Crippen molar-refractivity contribution in [1.29, 1.82) is 0 Å². The van der Waals surface area contributed by atoms with Crippen LogP contribution in [0.15, 0.2) is 35.4 Å². The van der Waals surface area contributed by atoms with Gasteiger partial charge >= 0.3 is 5.69 Å². The van der Waals surface area contributed by atoms with Crippen molar-refractivity contribution in [3.8, 4) is 11.8 Å². The van der Waals surface area contributed by atoms with E-state index in [9.17, 15) is 17.4 Å². The molecule has 0 aliphatic rings. The van der Waals surface area contributed by atoms with Gasteiger partial charge in [-0.3, -0.25) is 0 Å². The summed E-state index contributed by atoms with van der Waals surface area (Å²) in [7, 11) is -4.33.